The Bertz CT molecular complexity index is 2970. The van der Waals surface area contributed by atoms with Crippen LogP contribution in [-0.2, 0) is 23.9 Å². The summed E-state index contributed by atoms with van der Waals surface area (Å²) in [5.41, 5.74) is 7.48. The highest BCUT2D eigenvalue weighted by molar-refractivity contribution is 5.89. The minimum Gasteiger partial charge on any atom is -0.494 e. The zero-order valence-corrected chi connectivity index (χ0v) is 37.4. The Morgan fingerprint density at radius 2 is 1.07 bits per heavy atom. The monoisotopic (exact) mass is 902 g/mol. The van der Waals surface area contributed by atoms with E-state index in [-0.39, 0.29) is 23.5 Å². The van der Waals surface area contributed by atoms with E-state index < -0.39 is 4.92 Å². The number of anilines is 1. The SMILES string of the molecule is COC(=O)CCCCOc1ccc2nc(-c3ccccc3)n(-c3ccc(NC(C)=O)cc3)c2c1.COC(=O)CCCCOc1ccc2nc(-c3ccccc3)n(-c3cccc([N+](=O)[O-])c3)c2c1. The molecule has 0 aliphatic rings. The first-order valence-electron chi connectivity index (χ1n) is 21.8. The number of carbonyl (C=O) groups excluding carboxylic acids is 3. The lowest BCUT2D eigenvalue weighted by molar-refractivity contribution is -0.384. The summed E-state index contributed by atoms with van der Waals surface area (Å²) in [7, 11) is 2.77. The molecule has 0 saturated heterocycles. The summed E-state index contributed by atoms with van der Waals surface area (Å²) in [5.74, 6) is 2.35. The number of rotatable bonds is 18. The van der Waals surface area contributed by atoms with Gasteiger partial charge in [-0.15, -0.1) is 0 Å². The smallest absolute Gasteiger partial charge is 0.305 e. The molecule has 0 aliphatic heterocycles. The van der Waals surface area contributed by atoms with Crippen LogP contribution < -0.4 is 14.8 Å². The van der Waals surface area contributed by atoms with Gasteiger partial charge in [0.25, 0.3) is 5.69 Å². The average Bonchev–Trinajstić information content (AvgIpc) is 3.93. The van der Waals surface area contributed by atoms with Gasteiger partial charge in [-0.1, -0.05) is 66.7 Å². The molecule has 8 aromatic rings. The number of non-ortho nitro benzene ring substituents is 1. The molecule has 0 radical (unpaired) electrons. The molecular formula is C52H50N6O9. The molecule has 0 unspecified atom stereocenters. The van der Waals surface area contributed by atoms with E-state index in [4.69, 9.17) is 19.4 Å². The maximum Gasteiger partial charge on any atom is 0.305 e. The van der Waals surface area contributed by atoms with Gasteiger partial charge in [-0.05, 0) is 80.3 Å². The third kappa shape index (κ3) is 12.1. The molecular weight excluding hydrogens is 853 g/mol. The number of nitro benzene ring substituents is 1. The molecule has 1 amide bonds. The van der Waals surface area contributed by atoms with Crippen molar-refractivity contribution >= 4 is 51.3 Å². The second kappa shape index (κ2) is 22.5. The number of imidazole rings is 2. The van der Waals surface area contributed by atoms with Gasteiger partial charge in [0.15, 0.2) is 0 Å². The fourth-order valence-corrected chi connectivity index (χ4v) is 7.34. The van der Waals surface area contributed by atoms with Crippen LogP contribution in [0.3, 0.4) is 0 Å². The molecule has 2 aromatic heterocycles. The number of nitrogens with zero attached hydrogens (tertiary/aromatic N) is 5. The Hall–Kier alpha value is -8.33. The highest BCUT2D eigenvalue weighted by Crippen LogP contribution is 2.33. The maximum atomic E-state index is 11.4. The first-order valence-corrected chi connectivity index (χ1v) is 21.8. The predicted octanol–water partition coefficient (Wildman–Crippen LogP) is 10.7. The number of nitrogens with one attached hydrogen (secondary N) is 1. The lowest BCUT2D eigenvalue weighted by atomic mass is 10.2. The Labute approximate surface area is 387 Å². The minimum atomic E-state index is -0.409. The Kier molecular flexibility index (Phi) is 15.7. The molecule has 0 aliphatic carbocycles. The summed E-state index contributed by atoms with van der Waals surface area (Å²) in [5, 5.41) is 14.2. The van der Waals surface area contributed by atoms with Crippen molar-refractivity contribution in [1.82, 2.24) is 19.1 Å². The fourth-order valence-electron chi connectivity index (χ4n) is 7.34. The number of carbonyl (C=O) groups is 3. The van der Waals surface area contributed by atoms with Crippen molar-refractivity contribution in [2.45, 2.75) is 45.4 Å². The number of esters is 2. The van der Waals surface area contributed by atoms with Gasteiger partial charge in [0.1, 0.15) is 23.1 Å². The molecule has 15 heteroatoms. The van der Waals surface area contributed by atoms with Crippen LogP contribution in [0, 0.1) is 10.1 Å². The lowest BCUT2D eigenvalue weighted by Crippen LogP contribution is -2.06. The highest BCUT2D eigenvalue weighted by Gasteiger charge is 2.18. The number of aromatic nitrogens is 4. The van der Waals surface area contributed by atoms with E-state index in [0.717, 1.165) is 62.6 Å². The van der Waals surface area contributed by atoms with E-state index in [9.17, 15) is 24.5 Å². The van der Waals surface area contributed by atoms with E-state index in [1.54, 1.807) is 6.07 Å². The second-order valence-corrected chi connectivity index (χ2v) is 15.3. The summed E-state index contributed by atoms with van der Waals surface area (Å²) in [6.07, 6.45) is 3.61. The summed E-state index contributed by atoms with van der Waals surface area (Å²) in [4.78, 5) is 54.5. The van der Waals surface area contributed by atoms with Crippen molar-refractivity contribution in [1.29, 1.82) is 0 Å². The topological polar surface area (TPSA) is 179 Å². The Morgan fingerprint density at radius 1 is 0.582 bits per heavy atom. The van der Waals surface area contributed by atoms with Crippen LogP contribution in [-0.4, -0.2) is 69.3 Å². The van der Waals surface area contributed by atoms with Crippen LogP contribution >= 0.6 is 0 Å². The molecule has 8 rings (SSSR count). The van der Waals surface area contributed by atoms with Crippen molar-refractivity contribution in [3.8, 4) is 45.6 Å². The van der Waals surface area contributed by atoms with Crippen LogP contribution in [0.25, 0.3) is 56.2 Å². The quantitative estimate of drug-likeness (QED) is 0.0375. The van der Waals surface area contributed by atoms with Crippen LogP contribution in [0.1, 0.15) is 45.4 Å². The van der Waals surface area contributed by atoms with E-state index >= 15 is 0 Å². The summed E-state index contributed by atoms with van der Waals surface area (Å²) < 4.78 is 25.2. The summed E-state index contributed by atoms with van der Waals surface area (Å²) in [6, 6.07) is 45.3. The zero-order chi connectivity index (χ0) is 47.1. The van der Waals surface area contributed by atoms with Gasteiger partial charge in [0.2, 0.25) is 5.91 Å². The van der Waals surface area contributed by atoms with Gasteiger partial charge in [0.05, 0.1) is 60.1 Å². The Morgan fingerprint density at radius 3 is 1.54 bits per heavy atom. The van der Waals surface area contributed by atoms with Gasteiger partial charge in [-0.3, -0.25) is 33.6 Å². The second-order valence-electron chi connectivity index (χ2n) is 15.3. The number of amides is 1. The molecule has 0 spiro atoms. The molecule has 0 saturated carbocycles. The summed E-state index contributed by atoms with van der Waals surface area (Å²) >= 11 is 0. The van der Waals surface area contributed by atoms with Crippen LogP contribution in [0.15, 0.2) is 146 Å². The van der Waals surface area contributed by atoms with Gasteiger partial charge in [-0.25, -0.2) is 9.97 Å². The molecule has 0 fully saturated rings. The molecule has 0 atom stereocenters. The van der Waals surface area contributed by atoms with Crippen LogP contribution in [0.4, 0.5) is 11.4 Å². The van der Waals surface area contributed by atoms with Crippen molar-refractivity contribution in [2.75, 3.05) is 32.8 Å². The Balaban J connectivity index is 0.000000199. The molecule has 1 N–H and O–H groups in total. The third-order valence-electron chi connectivity index (χ3n) is 10.6. The molecule has 67 heavy (non-hydrogen) atoms. The fraction of sp³-hybridized carbons (Fsp3) is 0.212. The number of fused-ring (bicyclic) bond motifs is 2. The molecule has 0 bridgehead atoms. The standard InChI is InChI=1S/C27H27N3O4.C25H23N3O5/c1-19(31)28-21-11-13-22(14-12-21)30-25-18-23(34-17-7-6-10-26(32)33-2)15-16-24(25)29-27(30)20-8-4-3-5-9-20;1-32-24(29)12-5-6-15-33-21-13-14-22-23(17-21)27(19-10-7-11-20(16-19)28(30)31)25(26-22)18-8-3-2-4-9-18/h3-5,8-9,11-16,18H,6-7,10,17H2,1-2H3,(H,28,31);2-4,7-11,13-14,16-17H,5-6,12,15H2,1H3. The van der Waals surface area contributed by atoms with Gasteiger partial charge < -0.3 is 24.3 Å². The minimum absolute atomic E-state index is 0.00590. The predicted molar refractivity (Wildman–Crippen MR) is 257 cm³/mol. The number of nitro groups is 1. The normalized spacial score (nSPS) is 10.8. The largest absolute Gasteiger partial charge is 0.494 e. The third-order valence-corrected chi connectivity index (χ3v) is 10.6. The summed E-state index contributed by atoms with van der Waals surface area (Å²) in [6.45, 7) is 2.45. The zero-order valence-electron chi connectivity index (χ0n) is 37.4. The molecule has 342 valence electrons. The number of hydrogen-bond donors (Lipinski definition) is 1. The van der Waals surface area contributed by atoms with E-state index in [1.807, 2.05) is 132 Å². The van der Waals surface area contributed by atoms with Crippen molar-refractivity contribution in [3.63, 3.8) is 0 Å². The first-order chi connectivity index (χ1) is 32.6. The number of hydrogen-bond acceptors (Lipinski definition) is 11. The average molecular weight is 903 g/mol. The number of unbranched alkanes of at least 4 members (excludes halogenated alkanes) is 2. The van der Waals surface area contributed by atoms with Crippen LogP contribution in [0.5, 0.6) is 11.5 Å². The van der Waals surface area contributed by atoms with Gasteiger partial charge in [0, 0.05) is 66.5 Å². The number of ether oxygens (including phenoxy) is 4. The molecule has 6 aromatic carbocycles. The van der Waals surface area contributed by atoms with Gasteiger partial charge >= 0.3 is 11.9 Å². The van der Waals surface area contributed by atoms with E-state index in [2.05, 4.69) is 19.4 Å². The molecule has 15 nitrogen and oxygen atoms in total. The van der Waals surface area contributed by atoms with Crippen molar-refractivity contribution in [3.05, 3.63) is 156 Å². The number of methoxy groups -OCH3 is 2. The first kappa shape index (κ1) is 46.7. The number of benzene rings is 6. The van der Waals surface area contributed by atoms with Crippen molar-refractivity contribution in [2.24, 2.45) is 0 Å². The lowest BCUT2D eigenvalue weighted by Gasteiger charge is -2.12. The van der Waals surface area contributed by atoms with Crippen LogP contribution in [0.2, 0.25) is 0 Å². The van der Waals surface area contributed by atoms with Crippen molar-refractivity contribution < 1.29 is 38.3 Å². The van der Waals surface area contributed by atoms with E-state index in [0.29, 0.717) is 62.6 Å². The van der Waals surface area contributed by atoms with Gasteiger partial charge in [-0.2, -0.15) is 0 Å². The highest BCUT2D eigenvalue weighted by atomic mass is 16.6. The van der Waals surface area contributed by atoms with E-state index in [1.165, 1.54) is 33.3 Å². The maximum absolute atomic E-state index is 11.4. The molecule has 2 heterocycles.